The monoisotopic (exact) mass is 519 g/mol. The standard InChI is InChI=1S/C31H41N3O4/c1-4-38-28(36)24-21-31(25-15-9-8-14-23(24)25)17-19-34(20-18-31)27(35)26(33-29(37)30(2,3)32)16-10-13-22-11-6-5-7-12-22/h5-9,11-12,14-15,24,26H,4,10,13,16-21,32H2,1-3H3,(H,33,37)/t24-,26?/m1/s1. The number of likely N-dealkylation sites (tertiary alicyclic amines) is 1. The fourth-order valence-corrected chi connectivity index (χ4v) is 5.95. The number of hydrogen-bond donors (Lipinski definition) is 2. The van der Waals surface area contributed by atoms with E-state index in [-0.39, 0.29) is 29.1 Å². The number of benzene rings is 2. The van der Waals surface area contributed by atoms with Crippen LogP contribution >= 0.6 is 0 Å². The Bertz CT molecular complexity index is 1130. The molecule has 0 bridgehead atoms. The average molecular weight is 520 g/mol. The minimum Gasteiger partial charge on any atom is -0.466 e. The summed E-state index contributed by atoms with van der Waals surface area (Å²) in [7, 11) is 0. The number of ether oxygens (including phenoxy) is 1. The van der Waals surface area contributed by atoms with E-state index in [2.05, 4.69) is 23.5 Å². The molecule has 38 heavy (non-hydrogen) atoms. The Hall–Kier alpha value is -3.19. The first-order valence-corrected chi connectivity index (χ1v) is 13.8. The van der Waals surface area contributed by atoms with Crippen LogP contribution in [0.25, 0.3) is 0 Å². The van der Waals surface area contributed by atoms with E-state index in [1.54, 1.807) is 13.8 Å². The molecule has 1 spiro atoms. The molecule has 4 rings (SSSR count). The van der Waals surface area contributed by atoms with Gasteiger partial charge < -0.3 is 20.7 Å². The van der Waals surface area contributed by atoms with Gasteiger partial charge in [0.1, 0.15) is 6.04 Å². The first-order chi connectivity index (χ1) is 18.1. The second-order valence-electron chi connectivity index (χ2n) is 11.3. The molecule has 2 aromatic rings. The zero-order valence-corrected chi connectivity index (χ0v) is 22.9. The smallest absolute Gasteiger partial charge is 0.313 e. The van der Waals surface area contributed by atoms with E-state index in [0.717, 1.165) is 31.2 Å². The Kier molecular flexibility index (Phi) is 8.56. The Morgan fingerprint density at radius 3 is 2.39 bits per heavy atom. The number of nitrogens with zero attached hydrogens (tertiary/aromatic N) is 1. The molecule has 0 aromatic heterocycles. The number of nitrogens with two attached hydrogens (primary N) is 1. The summed E-state index contributed by atoms with van der Waals surface area (Å²) in [6.45, 7) is 6.66. The van der Waals surface area contributed by atoms with E-state index in [1.165, 1.54) is 11.1 Å². The summed E-state index contributed by atoms with van der Waals surface area (Å²) in [5, 5.41) is 2.94. The topological polar surface area (TPSA) is 102 Å². The Morgan fingerprint density at radius 1 is 1.08 bits per heavy atom. The molecule has 1 heterocycles. The maximum atomic E-state index is 13.7. The average Bonchev–Trinajstić information content (AvgIpc) is 3.22. The first kappa shape index (κ1) is 27.8. The number of hydrogen-bond acceptors (Lipinski definition) is 5. The lowest BCUT2D eigenvalue weighted by Crippen LogP contribution is -2.57. The third-order valence-corrected chi connectivity index (χ3v) is 8.10. The molecule has 7 nitrogen and oxygen atoms in total. The Labute approximate surface area is 226 Å². The summed E-state index contributed by atoms with van der Waals surface area (Å²) in [5.74, 6) is -0.809. The van der Waals surface area contributed by atoms with Gasteiger partial charge >= 0.3 is 5.97 Å². The van der Waals surface area contributed by atoms with Crippen molar-refractivity contribution in [3.8, 4) is 0 Å². The van der Waals surface area contributed by atoms with E-state index >= 15 is 0 Å². The van der Waals surface area contributed by atoms with Crippen LogP contribution in [0, 0.1) is 0 Å². The molecule has 2 atom stereocenters. The van der Waals surface area contributed by atoms with Crippen LogP contribution in [-0.4, -0.2) is 54.0 Å². The van der Waals surface area contributed by atoms with Crippen molar-refractivity contribution < 1.29 is 19.1 Å². The lowest BCUT2D eigenvalue weighted by molar-refractivity contribution is -0.145. The number of piperidine rings is 1. The van der Waals surface area contributed by atoms with Crippen molar-refractivity contribution in [3.05, 3.63) is 71.3 Å². The Morgan fingerprint density at radius 2 is 1.74 bits per heavy atom. The van der Waals surface area contributed by atoms with Crippen LogP contribution in [0.4, 0.5) is 0 Å². The molecule has 2 amide bonds. The maximum Gasteiger partial charge on any atom is 0.313 e. The normalized spacial score (nSPS) is 19.1. The molecular weight excluding hydrogens is 478 g/mol. The minimum absolute atomic E-state index is 0.0567. The van der Waals surface area contributed by atoms with E-state index in [4.69, 9.17) is 10.5 Å². The fraction of sp³-hybridized carbons (Fsp3) is 0.516. The molecule has 7 heteroatoms. The highest BCUT2D eigenvalue weighted by atomic mass is 16.5. The zero-order chi connectivity index (χ0) is 27.3. The predicted molar refractivity (Wildman–Crippen MR) is 148 cm³/mol. The highest BCUT2D eigenvalue weighted by Gasteiger charge is 2.48. The van der Waals surface area contributed by atoms with Crippen molar-refractivity contribution in [1.29, 1.82) is 0 Å². The second-order valence-corrected chi connectivity index (χ2v) is 11.3. The van der Waals surface area contributed by atoms with Crippen LogP contribution in [0.15, 0.2) is 54.6 Å². The van der Waals surface area contributed by atoms with Gasteiger partial charge in [0.2, 0.25) is 11.8 Å². The quantitative estimate of drug-likeness (QED) is 0.490. The summed E-state index contributed by atoms with van der Waals surface area (Å²) >= 11 is 0. The molecule has 1 unspecified atom stereocenters. The van der Waals surface area contributed by atoms with Crippen LogP contribution in [0.5, 0.6) is 0 Å². The van der Waals surface area contributed by atoms with Crippen molar-refractivity contribution in [3.63, 3.8) is 0 Å². The van der Waals surface area contributed by atoms with Crippen LogP contribution in [0.3, 0.4) is 0 Å². The molecule has 1 aliphatic heterocycles. The van der Waals surface area contributed by atoms with Gasteiger partial charge in [-0.15, -0.1) is 0 Å². The summed E-state index contributed by atoms with van der Waals surface area (Å²) < 4.78 is 5.39. The molecule has 0 saturated carbocycles. The molecule has 1 saturated heterocycles. The summed E-state index contributed by atoms with van der Waals surface area (Å²) in [5.41, 5.74) is 8.30. The van der Waals surface area contributed by atoms with Crippen LogP contribution in [0.2, 0.25) is 0 Å². The van der Waals surface area contributed by atoms with Gasteiger partial charge in [0.15, 0.2) is 0 Å². The number of rotatable bonds is 9. The third kappa shape index (κ3) is 6.09. The van der Waals surface area contributed by atoms with Crippen LogP contribution in [-0.2, 0) is 31.0 Å². The van der Waals surface area contributed by atoms with Gasteiger partial charge in [0, 0.05) is 18.5 Å². The highest BCUT2D eigenvalue weighted by Crippen LogP contribution is 2.52. The number of aryl methyl sites for hydroxylation is 1. The molecule has 2 aromatic carbocycles. The number of carbonyl (C=O) groups excluding carboxylic acids is 3. The van der Waals surface area contributed by atoms with Gasteiger partial charge in [-0.3, -0.25) is 14.4 Å². The van der Waals surface area contributed by atoms with Gasteiger partial charge in [0.25, 0.3) is 0 Å². The van der Waals surface area contributed by atoms with E-state index in [9.17, 15) is 14.4 Å². The first-order valence-electron chi connectivity index (χ1n) is 13.8. The lowest BCUT2D eigenvalue weighted by atomic mass is 9.73. The van der Waals surface area contributed by atoms with Gasteiger partial charge in [-0.25, -0.2) is 0 Å². The lowest BCUT2D eigenvalue weighted by Gasteiger charge is -2.41. The number of amides is 2. The van der Waals surface area contributed by atoms with Crippen molar-refractivity contribution in [1.82, 2.24) is 10.2 Å². The van der Waals surface area contributed by atoms with Crippen molar-refractivity contribution in [2.75, 3.05) is 19.7 Å². The van der Waals surface area contributed by atoms with Crippen molar-refractivity contribution >= 4 is 17.8 Å². The molecular formula is C31H41N3O4. The summed E-state index contributed by atoms with van der Waals surface area (Å²) in [4.78, 5) is 41.1. The minimum atomic E-state index is -1.07. The van der Waals surface area contributed by atoms with E-state index in [0.29, 0.717) is 32.5 Å². The maximum absolute atomic E-state index is 13.7. The molecule has 204 valence electrons. The molecule has 2 aliphatic rings. The second kappa shape index (κ2) is 11.7. The molecule has 1 aliphatic carbocycles. The van der Waals surface area contributed by atoms with E-state index < -0.39 is 11.6 Å². The Balaban J connectivity index is 1.45. The SMILES string of the molecule is CCOC(=O)[C@@H]1CC2(CCN(C(=O)C(CCCc3ccccc3)NC(=O)C(C)(C)N)CC2)c2ccccc21. The van der Waals surface area contributed by atoms with Gasteiger partial charge in [0.05, 0.1) is 18.1 Å². The van der Waals surface area contributed by atoms with Gasteiger partial charge in [-0.1, -0.05) is 54.6 Å². The largest absolute Gasteiger partial charge is 0.466 e. The number of nitrogens with one attached hydrogen (secondary N) is 1. The molecule has 3 N–H and O–H groups in total. The van der Waals surface area contributed by atoms with Gasteiger partial charge in [-0.05, 0) is 76.0 Å². The van der Waals surface area contributed by atoms with Crippen molar-refractivity contribution in [2.24, 2.45) is 5.73 Å². The summed E-state index contributed by atoms with van der Waals surface area (Å²) in [6.07, 6.45) is 4.42. The van der Waals surface area contributed by atoms with Gasteiger partial charge in [-0.2, -0.15) is 0 Å². The summed E-state index contributed by atoms with van der Waals surface area (Å²) in [6, 6.07) is 17.7. The predicted octanol–water partition coefficient (Wildman–Crippen LogP) is 3.84. The van der Waals surface area contributed by atoms with Crippen molar-refractivity contribution in [2.45, 2.75) is 82.2 Å². The van der Waals surface area contributed by atoms with Crippen LogP contribution < -0.4 is 11.1 Å². The number of fused-ring (bicyclic) bond motifs is 2. The van der Waals surface area contributed by atoms with Crippen LogP contribution in [0.1, 0.15) is 75.5 Å². The number of carbonyl (C=O) groups is 3. The molecule has 1 fully saturated rings. The zero-order valence-electron chi connectivity index (χ0n) is 22.9. The fourth-order valence-electron chi connectivity index (χ4n) is 5.95. The number of esters is 1. The highest BCUT2D eigenvalue weighted by molar-refractivity contribution is 5.91. The van der Waals surface area contributed by atoms with E-state index in [1.807, 2.05) is 48.2 Å². The third-order valence-electron chi connectivity index (χ3n) is 8.10. The molecule has 0 radical (unpaired) electrons.